The number of pyridine rings is 1. The summed E-state index contributed by atoms with van der Waals surface area (Å²) in [6.07, 6.45) is -17.9. The summed E-state index contributed by atoms with van der Waals surface area (Å²) in [5.41, 5.74) is -12.9. The average Bonchev–Trinajstić information content (AvgIpc) is 2.50. The van der Waals surface area contributed by atoms with Crippen molar-refractivity contribution < 1.29 is 43.9 Å². The van der Waals surface area contributed by atoms with Crippen LogP contribution in [0, 0.1) is 6.42 Å². The summed E-state index contributed by atoms with van der Waals surface area (Å²) in [5.74, 6) is 0. The van der Waals surface area contributed by atoms with Crippen molar-refractivity contribution >= 4 is 27.5 Å². The molecule has 2 rings (SSSR count). The molecule has 155 valence electrons. The third-order valence-electron chi connectivity index (χ3n) is 3.89. The van der Waals surface area contributed by atoms with E-state index in [1.165, 1.54) is 0 Å². The molecule has 0 saturated carbocycles. The smallest absolute Gasteiger partial charge is 0.244 e. The minimum absolute atomic E-state index is 0.0186. The molecule has 1 aromatic heterocycles. The molecular formula is C15H6BrClF10N. The van der Waals surface area contributed by atoms with Gasteiger partial charge in [-0.05, 0) is 12.1 Å². The normalized spacial score (nSPS) is 22.0. The quantitative estimate of drug-likeness (QED) is 0.319. The third-order valence-corrected chi connectivity index (χ3v) is 4.65. The van der Waals surface area contributed by atoms with Gasteiger partial charge in [-0.1, -0.05) is 39.7 Å². The third kappa shape index (κ3) is 3.53. The Hall–Kier alpha value is -1.30. The van der Waals surface area contributed by atoms with E-state index in [-0.39, 0.29) is 12.5 Å². The van der Waals surface area contributed by atoms with Crippen molar-refractivity contribution in [1.82, 2.24) is 4.98 Å². The van der Waals surface area contributed by atoms with Gasteiger partial charge in [0.25, 0.3) is 0 Å². The van der Waals surface area contributed by atoms with Gasteiger partial charge in [-0.2, -0.15) is 39.5 Å². The van der Waals surface area contributed by atoms with E-state index in [2.05, 4.69) is 20.9 Å². The summed E-state index contributed by atoms with van der Waals surface area (Å²) in [6.45, 7) is 0. The first kappa shape index (κ1) is 23.0. The number of rotatable bonds is 2. The van der Waals surface area contributed by atoms with Crippen LogP contribution in [-0.2, 0) is 5.41 Å². The zero-order valence-corrected chi connectivity index (χ0v) is 15.3. The maximum atomic E-state index is 14.4. The van der Waals surface area contributed by atoms with E-state index < -0.39 is 56.5 Å². The molecule has 1 nitrogen and oxygen atoms in total. The molecule has 28 heavy (non-hydrogen) atoms. The standard InChI is InChI=1S/C15H6BrClF10N/c16-8-4-7(12(18,14(22,23)24)15(25,26)27)5-11(6-8,13(19,20)21)9-2-1-3-28-10(9)17/h1-6H. The molecule has 0 aliphatic heterocycles. The summed E-state index contributed by atoms with van der Waals surface area (Å²) in [7, 11) is 0. The van der Waals surface area contributed by atoms with Gasteiger partial charge >= 0.3 is 24.2 Å². The minimum atomic E-state index is -6.59. The van der Waals surface area contributed by atoms with Crippen molar-refractivity contribution in [1.29, 1.82) is 0 Å². The Labute approximate surface area is 164 Å². The largest absolute Gasteiger partial charge is 0.435 e. The molecule has 1 heterocycles. The van der Waals surface area contributed by atoms with E-state index in [1.54, 1.807) is 0 Å². The Kier molecular flexibility index (Phi) is 5.66. The molecule has 1 aliphatic carbocycles. The van der Waals surface area contributed by atoms with Crippen LogP contribution < -0.4 is 0 Å². The number of aromatic nitrogens is 1. The number of nitrogens with zero attached hydrogens (tertiary/aromatic N) is 1. The Morgan fingerprint density at radius 3 is 1.89 bits per heavy atom. The topological polar surface area (TPSA) is 12.9 Å². The monoisotopic (exact) mass is 504 g/mol. The Morgan fingerprint density at radius 1 is 0.929 bits per heavy atom. The maximum Gasteiger partial charge on any atom is 0.435 e. The van der Waals surface area contributed by atoms with E-state index in [0.717, 1.165) is 12.3 Å². The van der Waals surface area contributed by atoms with Crippen LogP contribution in [0.5, 0.6) is 0 Å². The minimum Gasteiger partial charge on any atom is -0.244 e. The van der Waals surface area contributed by atoms with Crippen LogP contribution in [0.2, 0.25) is 5.15 Å². The molecular weight excluding hydrogens is 500 g/mol. The van der Waals surface area contributed by atoms with Crippen LogP contribution in [0.15, 0.2) is 40.5 Å². The van der Waals surface area contributed by atoms with Gasteiger partial charge in [0.1, 0.15) is 10.6 Å². The molecule has 1 aliphatic rings. The lowest BCUT2D eigenvalue weighted by Crippen LogP contribution is -2.56. The van der Waals surface area contributed by atoms with E-state index in [0.29, 0.717) is 6.07 Å². The maximum absolute atomic E-state index is 14.4. The molecule has 1 radical (unpaired) electrons. The zero-order valence-electron chi connectivity index (χ0n) is 12.9. The molecule has 0 fully saturated rings. The number of halogens is 12. The van der Waals surface area contributed by atoms with Crippen LogP contribution in [0.1, 0.15) is 5.56 Å². The highest BCUT2D eigenvalue weighted by atomic mass is 79.9. The highest BCUT2D eigenvalue weighted by Gasteiger charge is 2.75. The van der Waals surface area contributed by atoms with Gasteiger partial charge in [-0.15, -0.1) is 0 Å². The second-order valence-corrected chi connectivity index (χ2v) is 6.91. The molecule has 0 amide bonds. The first-order chi connectivity index (χ1) is 12.5. The van der Waals surface area contributed by atoms with E-state index in [4.69, 9.17) is 11.6 Å². The number of hydrogen-bond acceptors (Lipinski definition) is 1. The lowest BCUT2D eigenvalue weighted by molar-refractivity contribution is -0.325. The van der Waals surface area contributed by atoms with Crippen molar-refractivity contribution in [3.63, 3.8) is 0 Å². The highest BCUT2D eigenvalue weighted by Crippen LogP contribution is 2.57. The second kappa shape index (κ2) is 6.89. The number of allylic oxidation sites excluding steroid dienone is 4. The predicted octanol–water partition coefficient (Wildman–Crippen LogP) is 6.79. The van der Waals surface area contributed by atoms with E-state index >= 15 is 0 Å². The molecule has 0 aromatic carbocycles. The van der Waals surface area contributed by atoms with Crippen molar-refractivity contribution in [2.45, 2.75) is 29.6 Å². The first-order valence-electron chi connectivity index (χ1n) is 6.94. The number of alkyl halides is 10. The van der Waals surface area contributed by atoms with Crippen LogP contribution >= 0.6 is 27.5 Å². The van der Waals surface area contributed by atoms with Gasteiger partial charge in [-0.3, -0.25) is 0 Å². The second-order valence-electron chi connectivity index (χ2n) is 5.64. The highest BCUT2D eigenvalue weighted by molar-refractivity contribution is 9.11. The molecule has 0 bridgehead atoms. The van der Waals surface area contributed by atoms with E-state index in [9.17, 15) is 43.9 Å². The molecule has 1 unspecified atom stereocenters. The Morgan fingerprint density at radius 2 is 1.46 bits per heavy atom. The number of hydrogen-bond donors (Lipinski definition) is 0. The predicted molar refractivity (Wildman–Crippen MR) is 82.3 cm³/mol. The summed E-state index contributed by atoms with van der Waals surface area (Å²) in [6, 6.07) is 1.65. The average molecular weight is 506 g/mol. The van der Waals surface area contributed by atoms with Crippen molar-refractivity contribution in [3.8, 4) is 0 Å². The van der Waals surface area contributed by atoms with Crippen LogP contribution in [0.3, 0.4) is 0 Å². The van der Waals surface area contributed by atoms with Crippen LogP contribution in [0.25, 0.3) is 0 Å². The summed E-state index contributed by atoms with van der Waals surface area (Å²) < 4.78 is 133. The Balaban J connectivity index is 2.91. The fourth-order valence-corrected chi connectivity index (χ4v) is 3.47. The first-order valence-corrected chi connectivity index (χ1v) is 8.11. The SMILES string of the molecule is FC(F)(F)C1(c2cccnc2Cl)[CH]C(Br)=CC(C(F)(C(F)(F)F)C(F)(F)F)=C1. The fourth-order valence-electron chi connectivity index (χ4n) is 2.59. The molecule has 1 atom stereocenters. The van der Waals surface area contributed by atoms with Gasteiger partial charge in [-0.25, -0.2) is 9.37 Å². The molecule has 13 heteroatoms. The van der Waals surface area contributed by atoms with Gasteiger partial charge in [0.05, 0.1) is 0 Å². The lowest BCUT2D eigenvalue weighted by atomic mass is 9.71. The lowest BCUT2D eigenvalue weighted by Gasteiger charge is -2.39. The summed E-state index contributed by atoms with van der Waals surface area (Å²) >= 11 is 8.05. The van der Waals surface area contributed by atoms with Gasteiger partial charge in [0, 0.05) is 28.2 Å². The van der Waals surface area contributed by atoms with Crippen molar-refractivity contribution in [3.05, 3.63) is 57.7 Å². The van der Waals surface area contributed by atoms with Crippen LogP contribution in [0.4, 0.5) is 43.9 Å². The molecule has 0 N–H and O–H groups in total. The van der Waals surface area contributed by atoms with Crippen molar-refractivity contribution in [2.75, 3.05) is 0 Å². The summed E-state index contributed by atoms with van der Waals surface area (Å²) in [5, 5.41) is -0.836. The van der Waals surface area contributed by atoms with Gasteiger partial charge < -0.3 is 0 Å². The van der Waals surface area contributed by atoms with Crippen molar-refractivity contribution in [2.24, 2.45) is 0 Å². The van der Waals surface area contributed by atoms with E-state index in [1.807, 2.05) is 0 Å². The van der Waals surface area contributed by atoms with Gasteiger partial charge in [0.15, 0.2) is 0 Å². The van der Waals surface area contributed by atoms with Crippen LogP contribution in [-0.4, -0.2) is 29.2 Å². The fraction of sp³-hybridized carbons (Fsp3) is 0.333. The zero-order chi connectivity index (χ0) is 21.8. The Bertz CT molecular complexity index is 809. The molecule has 1 aromatic rings. The summed E-state index contributed by atoms with van der Waals surface area (Å²) in [4.78, 5) is 3.37. The van der Waals surface area contributed by atoms with Gasteiger partial charge in [0.2, 0.25) is 0 Å². The molecule has 0 spiro atoms. The molecule has 0 saturated heterocycles.